The summed E-state index contributed by atoms with van der Waals surface area (Å²) in [4.78, 5) is 19.2. The first kappa shape index (κ1) is 26.1. The van der Waals surface area contributed by atoms with Gasteiger partial charge in [-0.25, -0.2) is 8.42 Å². The Hall–Kier alpha value is -2.52. The van der Waals surface area contributed by atoms with Gasteiger partial charge in [-0.2, -0.15) is 0 Å². The van der Waals surface area contributed by atoms with Gasteiger partial charge in [0.05, 0.1) is 18.6 Å². The fraction of sp³-hybridized carbons (Fsp3) is 0.560. The van der Waals surface area contributed by atoms with E-state index >= 15 is 0 Å². The summed E-state index contributed by atoms with van der Waals surface area (Å²) in [5.74, 6) is 0.798. The van der Waals surface area contributed by atoms with Gasteiger partial charge >= 0.3 is 0 Å². The molecule has 0 saturated carbocycles. The Morgan fingerprint density at radius 1 is 1.18 bits per heavy atom. The maximum absolute atomic E-state index is 12.8. The van der Waals surface area contributed by atoms with E-state index in [1.807, 2.05) is 44.2 Å². The van der Waals surface area contributed by atoms with Crippen LogP contribution in [0.3, 0.4) is 0 Å². The van der Waals surface area contributed by atoms with Crippen LogP contribution < -0.4 is 9.62 Å². The van der Waals surface area contributed by atoms with E-state index in [-0.39, 0.29) is 11.7 Å². The second-order valence-corrected chi connectivity index (χ2v) is 10.9. The number of hydrogen-bond donors (Lipinski definition) is 1. The summed E-state index contributed by atoms with van der Waals surface area (Å²) in [5.41, 5.74) is 2.44. The number of hydrogen-bond acceptors (Lipinski definition) is 6. The lowest BCUT2D eigenvalue weighted by atomic mass is 10.0. The number of nitrogens with one attached hydrogen (secondary N) is 1. The van der Waals surface area contributed by atoms with Gasteiger partial charge in [-0.3, -0.25) is 9.52 Å². The lowest BCUT2D eigenvalue weighted by molar-refractivity contribution is -0.132. The summed E-state index contributed by atoms with van der Waals surface area (Å²) in [6.45, 7) is 6.49. The van der Waals surface area contributed by atoms with Gasteiger partial charge in [0.25, 0.3) is 0 Å². The molecule has 0 spiro atoms. The van der Waals surface area contributed by atoms with Crippen molar-refractivity contribution in [1.82, 2.24) is 9.80 Å². The monoisotopic (exact) mass is 490 g/mol. The molecule has 0 radical (unpaired) electrons. The highest BCUT2D eigenvalue weighted by atomic mass is 32.2. The molecule has 0 unspecified atom stereocenters. The minimum atomic E-state index is -3.42. The second kappa shape index (κ2) is 11.8. The molecule has 2 aromatic rings. The average Bonchev–Trinajstić information content (AvgIpc) is 3.31. The molecule has 0 bridgehead atoms. The first-order chi connectivity index (χ1) is 16.2. The number of piperidine rings is 1. The van der Waals surface area contributed by atoms with Crippen molar-refractivity contribution in [3.8, 4) is 0 Å². The topological polar surface area (TPSA) is 86.1 Å². The van der Waals surface area contributed by atoms with E-state index in [4.69, 9.17) is 4.42 Å². The number of benzene rings is 1. The van der Waals surface area contributed by atoms with Crippen LogP contribution in [0, 0.1) is 0 Å². The van der Waals surface area contributed by atoms with Crippen LogP contribution in [0.2, 0.25) is 0 Å². The normalized spacial score (nSPS) is 15.3. The largest absolute Gasteiger partial charge is 0.467 e. The lowest BCUT2D eigenvalue weighted by Crippen LogP contribution is -2.42. The fourth-order valence-electron chi connectivity index (χ4n) is 4.45. The van der Waals surface area contributed by atoms with E-state index in [1.165, 1.54) is 0 Å². The first-order valence-corrected chi connectivity index (χ1v) is 13.7. The zero-order valence-electron chi connectivity index (χ0n) is 20.8. The smallest absolute Gasteiger partial charge is 0.232 e. The summed E-state index contributed by atoms with van der Waals surface area (Å²) in [6, 6.07) is 9.71. The molecule has 1 aliphatic rings. The molecule has 3 rings (SSSR count). The van der Waals surface area contributed by atoms with Gasteiger partial charge in [0.15, 0.2) is 0 Å². The summed E-state index contributed by atoms with van der Waals surface area (Å²) in [5, 5.41) is 0. The number of sulfonamides is 1. The van der Waals surface area contributed by atoms with Crippen LogP contribution >= 0.6 is 0 Å². The molecule has 9 heteroatoms. The van der Waals surface area contributed by atoms with E-state index in [9.17, 15) is 13.2 Å². The molecule has 1 fully saturated rings. The van der Waals surface area contributed by atoms with Crippen LogP contribution in [0.25, 0.3) is 0 Å². The van der Waals surface area contributed by atoms with Crippen LogP contribution in [0.5, 0.6) is 0 Å². The van der Waals surface area contributed by atoms with Crippen molar-refractivity contribution in [2.45, 2.75) is 58.7 Å². The molecule has 1 aromatic carbocycles. The highest BCUT2D eigenvalue weighted by Crippen LogP contribution is 2.30. The molecule has 1 amide bonds. The molecule has 1 N–H and O–H groups in total. The van der Waals surface area contributed by atoms with Crippen LogP contribution in [0.4, 0.5) is 11.4 Å². The molecule has 8 nitrogen and oxygen atoms in total. The van der Waals surface area contributed by atoms with Crippen molar-refractivity contribution in [2.75, 3.05) is 42.6 Å². The number of anilines is 2. The fourth-order valence-corrected chi connectivity index (χ4v) is 5.58. The van der Waals surface area contributed by atoms with Crippen LogP contribution in [-0.2, 0) is 27.9 Å². The molecular formula is C25H38N4O4S. The summed E-state index contributed by atoms with van der Waals surface area (Å²) < 4.78 is 33.0. The number of carbonyl (C=O) groups is 1. The molecule has 1 saturated heterocycles. The Balaban J connectivity index is 1.93. The lowest BCUT2D eigenvalue weighted by Gasteiger charge is -2.37. The zero-order chi connectivity index (χ0) is 24.7. The summed E-state index contributed by atoms with van der Waals surface area (Å²) in [7, 11) is 0.816. The number of likely N-dealkylation sites (tertiary alicyclic amines) is 1. The van der Waals surface area contributed by atoms with Crippen molar-refractivity contribution in [3.63, 3.8) is 0 Å². The Kier molecular flexibility index (Phi) is 9.02. The van der Waals surface area contributed by atoms with Crippen molar-refractivity contribution in [3.05, 3.63) is 47.9 Å². The first-order valence-electron chi connectivity index (χ1n) is 12.1. The van der Waals surface area contributed by atoms with Crippen LogP contribution in [0.1, 0.15) is 50.9 Å². The van der Waals surface area contributed by atoms with Crippen molar-refractivity contribution < 1.29 is 17.6 Å². The predicted molar refractivity (Wildman–Crippen MR) is 136 cm³/mol. The van der Waals surface area contributed by atoms with Crippen molar-refractivity contribution in [2.24, 2.45) is 0 Å². The van der Waals surface area contributed by atoms with Gasteiger partial charge in [-0.15, -0.1) is 0 Å². The third-order valence-electron chi connectivity index (χ3n) is 6.38. The standard InChI is InChI=1S/C25H38N4O4S/c1-5-16-34(31,32)26-21-9-10-24(28(4)22-11-13-27(3)14-12-22)20(17-21)18-29(25(30)6-2)19-23-8-7-15-33-23/h7-10,15,17,22,26H,5-6,11-14,16,18-19H2,1-4H3. The Morgan fingerprint density at radius 3 is 2.53 bits per heavy atom. The van der Waals surface area contributed by atoms with Gasteiger partial charge in [-0.05, 0) is 75.3 Å². The van der Waals surface area contributed by atoms with Gasteiger partial charge in [0, 0.05) is 37.4 Å². The quantitative estimate of drug-likeness (QED) is 0.514. The van der Waals surface area contributed by atoms with E-state index in [0.717, 1.165) is 37.2 Å². The van der Waals surface area contributed by atoms with Crippen molar-refractivity contribution in [1.29, 1.82) is 0 Å². The molecule has 1 aliphatic heterocycles. The van der Waals surface area contributed by atoms with E-state index in [0.29, 0.717) is 43.4 Å². The molecule has 2 heterocycles. The summed E-state index contributed by atoms with van der Waals surface area (Å²) in [6.07, 6.45) is 4.64. The number of amides is 1. The Morgan fingerprint density at radius 2 is 1.91 bits per heavy atom. The average molecular weight is 491 g/mol. The molecule has 188 valence electrons. The van der Waals surface area contributed by atoms with Crippen LogP contribution in [0.15, 0.2) is 41.0 Å². The maximum Gasteiger partial charge on any atom is 0.232 e. The molecule has 1 aromatic heterocycles. The molecule has 0 atom stereocenters. The van der Waals surface area contributed by atoms with Gasteiger partial charge in [0.1, 0.15) is 5.76 Å². The molecule has 0 aliphatic carbocycles. The number of rotatable bonds is 11. The van der Waals surface area contributed by atoms with E-state index in [2.05, 4.69) is 28.6 Å². The number of furan rings is 1. The predicted octanol–water partition coefficient (Wildman–Crippen LogP) is 3.90. The van der Waals surface area contributed by atoms with Gasteiger partial charge in [-0.1, -0.05) is 13.8 Å². The molecular weight excluding hydrogens is 452 g/mol. The van der Waals surface area contributed by atoms with Crippen LogP contribution in [-0.4, -0.2) is 63.1 Å². The Labute approximate surface area is 204 Å². The second-order valence-electron chi connectivity index (χ2n) is 9.09. The minimum absolute atomic E-state index is 0.0151. The number of nitrogens with zero attached hydrogens (tertiary/aromatic N) is 3. The van der Waals surface area contributed by atoms with Gasteiger partial charge in [0.2, 0.25) is 15.9 Å². The highest BCUT2D eigenvalue weighted by Gasteiger charge is 2.24. The third kappa shape index (κ3) is 6.99. The number of carbonyl (C=O) groups excluding carboxylic acids is 1. The van der Waals surface area contributed by atoms with E-state index < -0.39 is 10.0 Å². The molecule has 34 heavy (non-hydrogen) atoms. The van der Waals surface area contributed by atoms with Crippen molar-refractivity contribution >= 4 is 27.3 Å². The highest BCUT2D eigenvalue weighted by molar-refractivity contribution is 7.92. The Bertz CT molecular complexity index is 1030. The zero-order valence-corrected chi connectivity index (χ0v) is 21.6. The van der Waals surface area contributed by atoms with E-state index in [1.54, 1.807) is 11.2 Å². The SMILES string of the molecule is CCCS(=O)(=O)Nc1ccc(N(C)C2CCN(C)CC2)c(CN(Cc2ccco2)C(=O)CC)c1. The third-order valence-corrected chi connectivity index (χ3v) is 7.88. The minimum Gasteiger partial charge on any atom is -0.467 e. The maximum atomic E-state index is 12.8. The van der Waals surface area contributed by atoms with Gasteiger partial charge < -0.3 is 19.1 Å². The summed E-state index contributed by atoms with van der Waals surface area (Å²) >= 11 is 0.